The predicted octanol–water partition coefficient (Wildman–Crippen LogP) is 10.6. The molecule has 3 saturated carbocycles. The van der Waals surface area contributed by atoms with Crippen LogP contribution in [-0.2, 0) is 4.43 Å². The molecule has 0 N–H and O–H groups in total. The smallest absolute Gasteiger partial charge is 0.201 e. The van der Waals surface area contributed by atoms with E-state index in [-0.39, 0.29) is 0 Å². The summed E-state index contributed by atoms with van der Waals surface area (Å²) in [5, 5.41) is 0. The maximum atomic E-state index is 7.30. The molecule has 1 nitrogen and oxygen atoms in total. The molecule has 5 rings (SSSR count). The van der Waals surface area contributed by atoms with E-state index < -0.39 is 8.32 Å². The standard InChI is InChI=1S/C35H54OSi/c1-24(2)37(25(3)4,26(5)6)36-30-16-19-35(8)29(22-30)14-15-31-32(35)17-18-34(7)23-28(21-33(31)34)20-27-12-10-9-11-13-27/h9-13,20,22,24-26,30-33H,14-19,21,23H2,1-8H3/b28-20-/t30-,31+,32-,33-,34+,35-/m0/s1. The van der Waals surface area contributed by atoms with Gasteiger partial charge in [-0.25, -0.2) is 0 Å². The van der Waals surface area contributed by atoms with Crippen LogP contribution >= 0.6 is 0 Å². The third-order valence-corrected chi connectivity index (χ3v) is 18.1. The van der Waals surface area contributed by atoms with Crippen LogP contribution in [0.5, 0.6) is 0 Å². The molecule has 0 spiro atoms. The summed E-state index contributed by atoms with van der Waals surface area (Å²) in [5.74, 6) is 2.64. The first-order chi connectivity index (χ1) is 17.5. The highest BCUT2D eigenvalue weighted by Crippen LogP contribution is 2.66. The molecule has 204 valence electrons. The zero-order valence-corrected chi connectivity index (χ0v) is 26.1. The van der Waals surface area contributed by atoms with Crippen LogP contribution in [0.2, 0.25) is 16.6 Å². The Morgan fingerprint density at radius 2 is 1.54 bits per heavy atom. The second-order valence-electron chi connectivity index (χ2n) is 14.8. The molecular formula is C35H54OSi. The van der Waals surface area contributed by atoms with E-state index in [1.165, 1.54) is 56.9 Å². The molecule has 4 aliphatic carbocycles. The average Bonchev–Trinajstić information content (AvgIpc) is 3.18. The van der Waals surface area contributed by atoms with Crippen molar-refractivity contribution in [3.05, 3.63) is 53.1 Å². The molecule has 0 amide bonds. The Balaban J connectivity index is 1.36. The Hall–Kier alpha value is -1.12. The van der Waals surface area contributed by atoms with E-state index in [0.29, 0.717) is 33.6 Å². The van der Waals surface area contributed by atoms with Crippen LogP contribution in [0.1, 0.15) is 112 Å². The van der Waals surface area contributed by atoms with Crippen molar-refractivity contribution in [1.29, 1.82) is 0 Å². The molecule has 0 saturated heterocycles. The first-order valence-corrected chi connectivity index (χ1v) is 17.8. The molecule has 37 heavy (non-hydrogen) atoms. The van der Waals surface area contributed by atoms with Crippen molar-refractivity contribution in [3.63, 3.8) is 0 Å². The lowest BCUT2D eigenvalue weighted by molar-refractivity contribution is -0.0407. The highest BCUT2D eigenvalue weighted by atomic mass is 28.4. The van der Waals surface area contributed by atoms with Gasteiger partial charge in [0.2, 0.25) is 8.32 Å². The zero-order chi connectivity index (χ0) is 26.6. The summed E-state index contributed by atoms with van der Waals surface area (Å²) >= 11 is 0. The molecule has 1 aromatic carbocycles. The lowest BCUT2D eigenvalue weighted by Gasteiger charge is -2.58. The average molecular weight is 519 g/mol. The second kappa shape index (κ2) is 10.1. The van der Waals surface area contributed by atoms with Crippen molar-refractivity contribution in [1.82, 2.24) is 0 Å². The Kier molecular flexibility index (Phi) is 7.51. The van der Waals surface area contributed by atoms with Crippen molar-refractivity contribution >= 4 is 14.4 Å². The Morgan fingerprint density at radius 3 is 2.19 bits per heavy atom. The molecule has 0 aromatic heterocycles. The van der Waals surface area contributed by atoms with Crippen molar-refractivity contribution in [2.45, 2.75) is 129 Å². The largest absolute Gasteiger partial charge is 0.410 e. The van der Waals surface area contributed by atoms with E-state index in [9.17, 15) is 0 Å². The van der Waals surface area contributed by atoms with Crippen LogP contribution in [0.3, 0.4) is 0 Å². The molecule has 6 atom stereocenters. The van der Waals surface area contributed by atoms with Crippen LogP contribution in [0.25, 0.3) is 6.08 Å². The quantitative estimate of drug-likeness (QED) is 0.269. The van der Waals surface area contributed by atoms with E-state index >= 15 is 0 Å². The third-order valence-electron chi connectivity index (χ3n) is 11.9. The van der Waals surface area contributed by atoms with Gasteiger partial charge in [0.25, 0.3) is 0 Å². The van der Waals surface area contributed by atoms with E-state index in [1.54, 1.807) is 11.1 Å². The number of allylic oxidation sites excluding steroid dienone is 2. The van der Waals surface area contributed by atoms with Crippen molar-refractivity contribution in [2.24, 2.45) is 28.6 Å². The van der Waals surface area contributed by atoms with Crippen LogP contribution < -0.4 is 0 Å². The zero-order valence-electron chi connectivity index (χ0n) is 25.1. The van der Waals surface area contributed by atoms with E-state index in [0.717, 1.165) is 17.8 Å². The van der Waals surface area contributed by atoms with Crippen molar-refractivity contribution in [3.8, 4) is 0 Å². The van der Waals surface area contributed by atoms with Crippen LogP contribution in [0, 0.1) is 28.6 Å². The van der Waals surface area contributed by atoms with Gasteiger partial charge < -0.3 is 4.43 Å². The lowest BCUT2D eigenvalue weighted by Crippen LogP contribution is -2.52. The molecule has 0 unspecified atom stereocenters. The topological polar surface area (TPSA) is 9.23 Å². The number of hydrogen-bond acceptors (Lipinski definition) is 1. The van der Waals surface area contributed by atoms with Gasteiger partial charge in [-0.3, -0.25) is 0 Å². The van der Waals surface area contributed by atoms with Gasteiger partial charge >= 0.3 is 0 Å². The Bertz CT molecular complexity index is 997. The predicted molar refractivity (Wildman–Crippen MR) is 162 cm³/mol. The van der Waals surface area contributed by atoms with E-state index in [1.807, 2.05) is 0 Å². The van der Waals surface area contributed by atoms with Gasteiger partial charge in [-0.05, 0) is 102 Å². The molecule has 0 aliphatic heterocycles. The molecule has 2 heteroatoms. The van der Waals surface area contributed by atoms with Gasteiger partial charge in [-0.2, -0.15) is 0 Å². The van der Waals surface area contributed by atoms with Gasteiger partial charge in [-0.15, -0.1) is 0 Å². The molecule has 1 aromatic rings. The lowest BCUT2D eigenvalue weighted by atomic mass is 9.47. The fourth-order valence-corrected chi connectivity index (χ4v) is 15.8. The number of fused-ring (bicyclic) bond motifs is 5. The van der Waals surface area contributed by atoms with Gasteiger partial charge in [0, 0.05) is 0 Å². The first kappa shape index (κ1) is 27.4. The second-order valence-corrected chi connectivity index (χ2v) is 20.2. The minimum Gasteiger partial charge on any atom is -0.410 e. The van der Waals surface area contributed by atoms with Crippen molar-refractivity contribution in [2.75, 3.05) is 0 Å². The Morgan fingerprint density at radius 1 is 0.865 bits per heavy atom. The summed E-state index contributed by atoms with van der Waals surface area (Å²) in [6.07, 6.45) is 16.3. The number of benzene rings is 1. The Labute approximate surface area is 229 Å². The van der Waals surface area contributed by atoms with E-state index in [2.05, 4.69) is 97.9 Å². The summed E-state index contributed by atoms with van der Waals surface area (Å²) < 4.78 is 7.30. The fourth-order valence-electron chi connectivity index (χ4n) is 10.2. The summed E-state index contributed by atoms with van der Waals surface area (Å²) in [5.41, 5.74) is 7.75. The maximum absolute atomic E-state index is 7.30. The summed E-state index contributed by atoms with van der Waals surface area (Å²) in [6, 6.07) is 11.0. The summed E-state index contributed by atoms with van der Waals surface area (Å²) in [7, 11) is -1.85. The molecule has 0 radical (unpaired) electrons. The molecular weight excluding hydrogens is 464 g/mol. The van der Waals surface area contributed by atoms with Crippen LogP contribution in [0.4, 0.5) is 0 Å². The van der Waals surface area contributed by atoms with Crippen LogP contribution in [-0.4, -0.2) is 14.4 Å². The highest BCUT2D eigenvalue weighted by Gasteiger charge is 2.57. The monoisotopic (exact) mass is 518 g/mol. The molecule has 0 bridgehead atoms. The molecule has 4 aliphatic rings. The fraction of sp³-hybridized carbons (Fsp3) is 0.714. The summed E-state index contributed by atoms with van der Waals surface area (Å²) in [4.78, 5) is 0. The normalized spacial score (nSPS) is 37.1. The summed E-state index contributed by atoms with van der Waals surface area (Å²) in [6.45, 7) is 19.9. The van der Waals surface area contributed by atoms with Gasteiger partial charge in [-0.1, -0.05) is 109 Å². The molecule has 3 fully saturated rings. The first-order valence-electron chi connectivity index (χ1n) is 15.6. The SMILES string of the molecule is CC(C)[Si](O[C@@H]1C=C2CC[C@H]3[C@@H]4C/C(=C/c5ccccc5)C[C@@]4(C)CC[C@@H]3[C@@]2(C)CC1)(C(C)C)C(C)C. The maximum Gasteiger partial charge on any atom is 0.201 e. The molecule has 0 heterocycles. The highest BCUT2D eigenvalue weighted by molar-refractivity contribution is 6.77. The van der Waals surface area contributed by atoms with Gasteiger partial charge in [0.15, 0.2) is 0 Å². The van der Waals surface area contributed by atoms with Crippen molar-refractivity contribution < 1.29 is 4.43 Å². The minimum absolute atomic E-state index is 0.347. The van der Waals surface area contributed by atoms with E-state index in [4.69, 9.17) is 4.43 Å². The van der Waals surface area contributed by atoms with Gasteiger partial charge in [0.05, 0.1) is 6.10 Å². The van der Waals surface area contributed by atoms with Gasteiger partial charge in [0.1, 0.15) is 0 Å². The third kappa shape index (κ3) is 4.67. The minimum atomic E-state index is -1.85. The number of rotatable bonds is 6. The van der Waals surface area contributed by atoms with Crippen LogP contribution in [0.15, 0.2) is 47.6 Å². The number of hydrogen-bond donors (Lipinski definition) is 0.